The fraction of sp³-hybridized carbons (Fsp3) is 0.200. The molecule has 0 bridgehead atoms. The standard InChI is InChI=1S/C25H23Br2NO5/c1-4-31-25(29)16(2)33-28-15-17-12-21(26)24(22(27)13-17)32-19-10-11-23(30-3)20(14-19)18-8-6-5-7-9-18/h5-16H,4H2,1-3H3/b28-15+. The highest BCUT2D eigenvalue weighted by atomic mass is 79.9. The summed E-state index contributed by atoms with van der Waals surface area (Å²) in [6.45, 7) is 3.61. The van der Waals surface area contributed by atoms with Crippen molar-refractivity contribution in [3.05, 3.63) is 75.2 Å². The van der Waals surface area contributed by atoms with Gasteiger partial charge in [0.25, 0.3) is 0 Å². The zero-order chi connectivity index (χ0) is 23.8. The molecule has 0 radical (unpaired) electrons. The van der Waals surface area contributed by atoms with Gasteiger partial charge >= 0.3 is 5.97 Å². The Kier molecular flexibility index (Phi) is 8.91. The summed E-state index contributed by atoms with van der Waals surface area (Å²) in [5.41, 5.74) is 2.71. The van der Waals surface area contributed by atoms with E-state index in [0.717, 1.165) is 22.4 Å². The van der Waals surface area contributed by atoms with Gasteiger partial charge in [0.05, 0.1) is 28.9 Å². The average Bonchev–Trinajstić information content (AvgIpc) is 2.82. The van der Waals surface area contributed by atoms with Crippen molar-refractivity contribution < 1.29 is 23.8 Å². The van der Waals surface area contributed by atoms with Crippen molar-refractivity contribution in [2.45, 2.75) is 20.0 Å². The van der Waals surface area contributed by atoms with Gasteiger partial charge in [-0.3, -0.25) is 0 Å². The number of rotatable bonds is 9. The molecule has 1 unspecified atom stereocenters. The highest BCUT2D eigenvalue weighted by Gasteiger charge is 2.15. The topological polar surface area (TPSA) is 66.4 Å². The predicted molar refractivity (Wildman–Crippen MR) is 135 cm³/mol. The summed E-state index contributed by atoms with van der Waals surface area (Å²) >= 11 is 7.11. The minimum Gasteiger partial charge on any atom is -0.496 e. The monoisotopic (exact) mass is 575 g/mol. The van der Waals surface area contributed by atoms with Crippen molar-refractivity contribution in [2.75, 3.05) is 13.7 Å². The first-order valence-corrected chi connectivity index (χ1v) is 11.8. The Hall–Kier alpha value is -2.84. The molecule has 0 aliphatic rings. The Bertz CT molecular complexity index is 1110. The van der Waals surface area contributed by atoms with Gasteiger partial charge in [-0.25, -0.2) is 4.79 Å². The Balaban J connectivity index is 1.79. The van der Waals surface area contributed by atoms with Crippen molar-refractivity contribution >= 4 is 44.0 Å². The normalized spacial score (nSPS) is 11.8. The molecule has 3 aromatic rings. The molecule has 0 aliphatic heterocycles. The van der Waals surface area contributed by atoms with Crippen LogP contribution in [0, 0.1) is 0 Å². The van der Waals surface area contributed by atoms with E-state index in [-0.39, 0.29) is 0 Å². The smallest absolute Gasteiger partial charge is 0.349 e. The molecule has 172 valence electrons. The molecular formula is C25H23Br2NO5. The summed E-state index contributed by atoms with van der Waals surface area (Å²) in [4.78, 5) is 16.8. The Morgan fingerprint density at radius 1 is 1.06 bits per heavy atom. The van der Waals surface area contributed by atoms with Gasteiger partial charge in [-0.15, -0.1) is 0 Å². The molecule has 6 nitrogen and oxygen atoms in total. The van der Waals surface area contributed by atoms with Crippen LogP contribution in [-0.4, -0.2) is 32.0 Å². The highest BCUT2D eigenvalue weighted by molar-refractivity contribution is 9.11. The maximum absolute atomic E-state index is 11.6. The fourth-order valence-corrected chi connectivity index (χ4v) is 4.33. The summed E-state index contributed by atoms with van der Waals surface area (Å²) < 4.78 is 18.0. The second-order valence-corrected chi connectivity index (χ2v) is 8.59. The number of ether oxygens (including phenoxy) is 3. The fourth-order valence-electron chi connectivity index (χ4n) is 2.95. The van der Waals surface area contributed by atoms with Crippen LogP contribution < -0.4 is 9.47 Å². The van der Waals surface area contributed by atoms with E-state index in [4.69, 9.17) is 19.0 Å². The number of esters is 1. The van der Waals surface area contributed by atoms with Crippen molar-refractivity contribution in [3.8, 4) is 28.4 Å². The molecule has 0 N–H and O–H groups in total. The highest BCUT2D eigenvalue weighted by Crippen LogP contribution is 2.40. The lowest BCUT2D eigenvalue weighted by Crippen LogP contribution is -2.21. The van der Waals surface area contributed by atoms with E-state index in [1.807, 2.05) is 60.7 Å². The largest absolute Gasteiger partial charge is 0.496 e. The molecular weight excluding hydrogens is 554 g/mol. The molecule has 8 heteroatoms. The summed E-state index contributed by atoms with van der Waals surface area (Å²) in [5, 5.41) is 3.88. The molecule has 0 heterocycles. The number of hydrogen-bond acceptors (Lipinski definition) is 6. The third kappa shape index (κ3) is 6.58. The molecule has 0 aromatic heterocycles. The number of halogens is 2. The zero-order valence-electron chi connectivity index (χ0n) is 18.4. The maximum Gasteiger partial charge on any atom is 0.349 e. The van der Waals surface area contributed by atoms with E-state index in [1.54, 1.807) is 21.0 Å². The second-order valence-electron chi connectivity index (χ2n) is 6.88. The lowest BCUT2D eigenvalue weighted by Gasteiger charge is -2.14. The predicted octanol–water partition coefficient (Wildman–Crippen LogP) is 6.98. The van der Waals surface area contributed by atoms with Crippen molar-refractivity contribution in [3.63, 3.8) is 0 Å². The van der Waals surface area contributed by atoms with Gasteiger partial charge in [-0.05, 0) is 87.2 Å². The Morgan fingerprint density at radius 3 is 2.39 bits per heavy atom. The van der Waals surface area contributed by atoms with Crippen LogP contribution in [0.15, 0.2) is 74.8 Å². The van der Waals surface area contributed by atoms with E-state index < -0.39 is 12.1 Å². The van der Waals surface area contributed by atoms with Gasteiger partial charge in [-0.1, -0.05) is 35.5 Å². The quantitative estimate of drug-likeness (QED) is 0.156. The molecule has 0 amide bonds. The van der Waals surface area contributed by atoms with Crippen molar-refractivity contribution in [2.24, 2.45) is 5.16 Å². The minimum atomic E-state index is -0.787. The molecule has 3 aromatic carbocycles. The number of carbonyl (C=O) groups is 1. The zero-order valence-corrected chi connectivity index (χ0v) is 21.6. The molecule has 3 rings (SSSR count). The number of hydrogen-bond donors (Lipinski definition) is 0. The van der Waals surface area contributed by atoms with E-state index >= 15 is 0 Å². The second kappa shape index (κ2) is 11.9. The Morgan fingerprint density at radius 2 is 1.76 bits per heavy atom. The molecule has 0 spiro atoms. The van der Waals surface area contributed by atoms with E-state index in [0.29, 0.717) is 27.1 Å². The van der Waals surface area contributed by atoms with Crippen molar-refractivity contribution in [1.82, 2.24) is 0 Å². The van der Waals surface area contributed by atoms with Gasteiger partial charge in [0.2, 0.25) is 6.10 Å². The van der Waals surface area contributed by atoms with Gasteiger partial charge in [-0.2, -0.15) is 0 Å². The summed E-state index contributed by atoms with van der Waals surface area (Å²) in [5.74, 6) is 1.56. The average molecular weight is 577 g/mol. The number of carbonyl (C=O) groups excluding carboxylic acids is 1. The van der Waals surface area contributed by atoms with E-state index in [1.165, 1.54) is 6.21 Å². The van der Waals surface area contributed by atoms with Crippen LogP contribution in [0.25, 0.3) is 11.1 Å². The molecule has 0 saturated heterocycles. The third-order valence-corrected chi connectivity index (χ3v) is 5.71. The van der Waals surface area contributed by atoms with E-state index in [2.05, 4.69) is 37.0 Å². The number of benzene rings is 3. The van der Waals surface area contributed by atoms with Crippen LogP contribution in [0.3, 0.4) is 0 Å². The van der Waals surface area contributed by atoms with Crippen LogP contribution in [0.5, 0.6) is 17.2 Å². The summed E-state index contributed by atoms with van der Waals surface area (Å²) in [7, 11) is 1.65. The first-order chi connectivity index (χ1) is 15.9. The lowest BCUT2D eigenvalue weighted by molar-refractivity contribution is -0.155. The molecule has 1 atom stereocenters. The molecule has 0 aliphatic carbocycles. The van der Waals surface area contributed by atoms with Gasteiger partial charge in [0.15, 0.2) is 5.75 Å². The van der Waals surface area contributed by atoms with Gasteiger partial charge < -0.3 is 19.0 Å². The third-order valence-electron chi connectivity index (χ3n) is 4.54. The van der Waals surface area contributed by atoms with Crippen LogP contribution in [0.4, 0.5) is 0 Å². The van der Waals surface area contributed by atoms with Gasteiger partial charge in [0.1, 0.15) is 11.5 Å². The van der Waals surface area contributed by atoms with Crippen LogP contribution >= 0.6 is 31.9 Å². The molecule has 33 heavy (non-hydrogen) atoms. The minimum absolute atomic E-state index is 0.290. The number of nitrogens with zero attached hydrogens (tertiary/aromatic N) is 1. The first-order valence-electron chi connectivity index (χ1n) is 10.2. The Labute approximate surface area is 209 Å². The number of oxime groups is 1. The summed E-state index contributed by atoms with van der Waals surface area (Å²) in [6.07, 6.45) is 0.722. The lowest BCUT2D eigenvalue weighted by atomic mass is 10.0. The van der Waals surface area contributed by atoms with E-state index in [9.17, 15) is 4.79 Å². The first kappa shape index (κ1) is 24.8. The van der Waals surface area contributed by atoms with Crippen LogP contribution in [0.1, 0.15) is 19.4 Å². The molecule has 0 saturated carbocycles. The SMILES string of the molecule is CCOC(=O)C(C)O/N=C/c1cc(Br)c(Oc2ccc(OC)c(-c3ccccc3)c2)c(Br)c1. The molecule has 0 fully saturated rings. The number of methoxy groups -OCH3 is 1. The van der Waals surface area contributed by atoms with Crippen molar-refractivity contribution in [1.29, 1.82) is 0 Å². The summed E-state index contributed by atoms with van der Waals surface area (Å²) in [6, 6.07) is 19.3. The van der Waals surface area contributed by atoms with Gasteiger partial charge in [0, 0.05) is 5.56 Å². The van der Waals surface area contributed by atoms with Crippen LogP contribution in [0.2, 0.25) is 0 Å². The maximum atomic E-state index is 11.6. The van der Waals surface area contributed by atoms with Crippen LogP contribution in [-0.2, 0) is 14.4 Å².